The van der Waals surface area contributed by atoms with Crippen molar-refractivity contribution < 1.29 is 4.42 Å². The Hall–Kier alpha value is -0.280. The highest BCUT2D eigenvalue weighted by Gasteiger charge is 1.95. The molecule has 0 bridgehead atoms. The van der Waals surface area contributed by atoms with Gasteiger partial charge in [-0.1, -0.05) is 0 Å². The van der Waals surface area contributed by atoms with Gasteiger partial charge in [-0.3, -0.25) is 0 Å². The van der Waals surface area contributed by atoms with Gasteiger partial charge in [-0.2, -0.15) is 0 Å². The van der Waals surface area contributed by atoms with Crippen LogP contribution in [0.2, 0.25) is 0 Å². The summed E-state index contributed by atoms with van der Waals surface area (Å²) in [7, 11) is 0. The third-order valence-electron chi connectivity index (χ3n) is 1.01. The summed E-state index contributed by atoms with van der Waals surface area (Å²) in [6.07, 6.45) is 2.47. The molecule has 9 heavy (non-hydrogen) atoms. The molecule has 1 rings (SSSR count). The van der Waals surface area contributed by atoms with E-state index in [9.17, 15) is 0 Å². The van der Waals surface area contributed by atoms with E-state index < -0.39 is 0 Å². The Morgan fingerprint density at radius 1 is 1.67 bits per heavy atom. The van der Waals surface area contributed by atoms with Crippen LogP contribution in [0.1, 0.15) is 5.76 Å². The summed E-state index contributed by atoms with van der Waals surface area (Å²) in [4.78, 5) is 0. The topological polar surface area (TPSA) is 39.2 Å². The Labute approximate surface area is 62.2 Å². The molecule has 0 aliphatic rings. The van der Waals surface area contributed by atoms with E-state index in [2.05, 4.69) is 15.9 Å². The molecule has 1 aromatic rings. The Kier molecular flexibility index (Phi) is 2.30. The van der Waals surface area contributed by atoms with Crippen LogP contribution in [-0.4, -0.2) is 6.54 Å². The molecule has 2 N–H and O–H groups in total. The van der Waals surface area contributed by atoms with Crippen LogP contribution in [0, 0.1) is 0 Å². The van der Waals surface area contributed by atoms with E-state index in [4.69, 9.17) is 10.2 Å². The zero-order chi connectivity index (χ0) is 6.69. The number of hydrogen-bond donors (Lipinski definition) is 1. The number of nitrogens with two attached hydrogens (primary N) is 1. The Morgan fingerprint density at radius 2 is 2.44 bits per heavy atom. The second-order valence-corrected chi connectivity index (χ2v) is 2.69. The zero-order valence-corrected chi connectivity index (χ0v) is 6.52. The lowest BCUT2D eigenvalue weighted by atomic mass is 10.3. The smallest absolute Gasteiger partial charge is 0.106 e. The van der Waals surface area contributed by atoms with E-state index in [1.54, 1.807) is 6.26 Å². The van der Waals surface area contributed by atoms with Crippen molar-refractivity contribution in [3.05, 3.63) is 22.6 Å². The van der Waals surface area contributed by atoms with Crippen molar-refractivity contribution in [2.45, 2.75) is 6.42 Å². The van der Waals surface area contributed by atoms with Crippen molar-refractivity contribution in [2.24, 2.45) is 5.73 Å². The van der Waals surface area contributed by atoms with Gasteiger partial charge in [-0.05, 0) is 28.5 Å². The van der Waals surface area contributed by atoms with E-state index in [1.165, 1.54) is 0 Å². The van der Waals surface area contributed by atoms with Crippen LogP contribution in [0.4, 0.5) is 0 Å². The van der Waals surface area contributed by atoms with Gasteiger partial charge < -0.3 is 10.2 Å². The minimum atomic E-state index is 0.639. The van der Waals surface area contributed by atoms with Crippen molar-refractivity contribution >= 4 is 15.9 Å². The SMILES string of the molecule is NCCc1cc(Br)co1. The summed E-state index contributed by atoms with van der Waals surface area (Å²) in [6, 6.07) is 1.92. The molecular weight excluding hydrogens is 182 g/mol. The average molecular weight is 190 g/mol. The molecule has 0 radical (unpaired) electrons. The van der Waals surface area contributed by atoms with Crippen LogP contribution in [0.5, 0.6) is 0 Å². The molecule has 50 valence electrons. The van der Waals surface area contributed by atoms with Gasteiger partial charge in [0.05, 0.1) is 4.47 Å². The molecule has 0 aromatic carbocycles. The number of hydrogen-bond acceptors (Lipinski definition) is 2. The average Bonchev–Trinajstić information content (AvgIpc) is 2.17. The fraction of sp³-hybridized carbons (Fsp3) is 0.333. The van der Waals surface area contributed by atoms with Gasteiger partial charge >= 0.3 is 0 Å². The molecule has 0 aliphatic heterocycles. The summed E-state index contributed by atoms with van der Waals surface area (Å²) in [5.41, 5.74) is 5.29. The first-order valence-electron chi connectivity index (χ1n) is 2.76. The normalized spacial score (nSPS) is 10.0. The maximum Gasteiger partial charge on any atom is 0.106 e. The highest BCUT2D eigenvalue weighted by atomic mass is 79.9. The molecule has 0 saturated carbocycles. The molecule has 0 fully saturated rings. The Morgan fingerprint density at radius 3 is 2.89 bits per heavy atom. The van der Waals surface area contributed by atoms with Crippen LogP contribution in [-0.2, 0) is 6.42 Å². The first-order chi connectivity index (χ1) is 4.33. The lowest BCUT2D eigenvalue weighted by molar-refractivity contribution is 0.510. The molecule has 0 unspecified atom stereocenters. The minimum absolute atomic E-state index is 0.639. The largest absolute Gasteiger partial charge is 0.468 e. The number of rotatable bonds is 2. The van der Waals surface area contributed by atoms with Crippen LogP contribution in [0.15, 0.2) is 21.2 Å². The second-order valence-electron chi connectivity index (χ2n) is 1.77. The summed E-state index contributed by atoms with van der Waals surface area (Å²) in [6.45, 7) is 0.639. The molecule has 2 nitrogen and oxygen atoms in total. The maximum absolute atomic E-state index is 5.29. The van der Waals surface area contributed by atoms with Crippen LogP contribution in [0.3, 0.4) is 0 Å². The molecule has 0 saturated heterocycles. The van der Waals surface area contributed by atoms with Crippen LogP contribution in [0.25, 0.3) is 0 Å². The quantitative estimate of drug-likeness (QED) is 0.768. The van der Waals surface area contributed by atoms with Gasteiger partial charge in [-0.25, -0.2) is 0 Å². The third-order valence-corrected chi connectivity index (χ3v) is 1.43. The highest BCUT2D eigenvalue weighted by Crippen LogP contribution is 2.13. The van der Waals surface area contributed by atoms with Gasteiger partial charge in [0.25, 0.3) is 0 Å². The molecule has 0 spiro atoms. The monoisotopic (exact) mass is 189 g/mol. The Bertz CT molecular complexity index is 185. The van der Waals surface area contributed by atoms with Gasteiger partial charge in [0.2, 0.25) is 0 Å². The molecular formula is C6H8BrNO. The fourth-order valence-electron chi connectivity index (χ4n) is 0.627. The Balaban J connectivity index is 2.61. The summed E-state index contributed by atoms with van der Waals surface area (Å²) < 4.78 is 6.06. The van der Waals surface area contributed by atoms with Crippen molar-refractivity contribution in [2.75, 3.05) is 6.54 Å². The maximum atomic E-state index is 5.29. The van der Waals surface area contributed by atoms with Crippen molar-refractivity contribution in [3.63, 3.8) is 0 Å². The molecule has 0 amide bonds. The second kappa shape index (κ2) is 3.03. The molecule has 0 atom stereocenters. The van der Waals surface area contributed by atoms with Gasteiger partial charge in [0.1, 0.15) is 12.0 Å². The zero-order valence-electron chi connectivity index (χ0n) is 4.93. The third kappa shape index (κ3) is 1.84. The van der Waals surface area contributed by atoms with Crippen molar-refractivity contribution in [1.29, 1.82) is 0 Å². The standard InChI is InChI=1S/C6H8BrNO/c7-5-3-6(1-2-8)9-4-5/h3-4H,1-2,8H2. The van der Waals surface area contributed by atoms with Crippen molar-refractivity contribution in [3.8, 4) is 0 Å². The first-order valence-corrected chi connectivity index (χ1v) is 3.55. The van der Waals surface area contributed by atoms with E-state index in [1.807, 2.05) is 6.07 Å². The van der Waals surface area contributed by atoms with Crippen LogP contribution < -0.4 is 5.73 Å². The van der Waals surface area contributed by atoms with Crippen LogP contribution >= 0.6 is 15.9 Å². The summed E-state index contributed by atoms with van der Waals surface area (Å²) in [5.74, 6) is 0.935. The van der Waals surface area contributed by atoms with E-state index in [-0.39, 0.29) is 0 Å². The fourth-order valence-corrected chi connectivity index (χ4v) is 0.976. The molecule has 1 aromatic heterocycles. The van der Waals surface area contributed by atoms with Crippen molar-refractivity contribution in [1.82, 2.24) is 0 Å². The summed E-state index contributed by atoms with van der Waals surface area (Å²) >= 11 is 3.27. The summed E-state index contributed by atoms with van der Waals surface area (Å²) in [5, 5.41) is 0. The molecule has 0 aliphatic carbocycles. The first kappa shape index (κ1) is 6.83. The predicted octanol–water partition coefficient (Wildman–Crippen LogP) is 1.54. The van der Waals surface area contributed by atoms with Gasteiger partial charge in [0.15, 0.2) is 0 Å². The van der Waals surface area contributed by atoms with E-state index in [0.717, 1.165) is 16.7 Å². The lowest BCUT2D eigenvalue weighted by Gasteiger charge is -1.86. The minimum Gasteiger partial charge on any atom is -0.468 e. The molecule has 3 heteroatoms. The predicted molar refractivity (Wildman–Crippen MR) is 39.2 cm³/mol. The van der Waals surface area contributed by atoms with E-state index >= 15 is 0 Å². The number of halogens is 1. The highest BCUT2D eigenvalue weighted by molar-refractivity contribution is 9.10. The van der Waals surface area contributed by atoms with E-state index in [0.29, 0.717) is 6.54 Å². The van der Waals surface area contributed by atoms with Gasteiger partial charge in [0, 0.05) is 6.42 Å². The lowest BCUT2D eigenvalue weighted by Crippen LogP contribution is -2.01. The van der Waals surface area contributed by atoms with Gasteiger partial charge in [-0.15, -0.1) is 0 Å². The molecule has 1 heterocycles. The number of furan rings is 1.